The average molecular weight is 179 g/mol. The van der Waals surface area contributed by atoms with Crippen molar-refractivity contribution in [3.05, 3.63) is 27.7 Å². The maximum absolute atomic E-state index is 11.0. The van der Waals surface area contributed by atoms with E-state index in [1.807, 2.05) is 0 Å². The predicted molar refractivity (Wildman–Crippen MR) is 49.5 cm³/mol. The summed E-state index contributed by atoms with van der Waals surface area (Å²) in [5.41, 5.74) is 2.03. The Kier molecular flexibility index (Phi) is 2.14. The number of nitrogens with zero attached hydrogens (tertiary/aromatic N) is 2. The van der Waals surface area contributed by atoms with Gasteiger partial charge in [-0.1, -0.05) is 6.92 Å². The van der Waals surface area contributed by atoms with E-state index in [0.717, 1.165) is 37.3 Å². The maximum atomic E-state index is 11.0. The second-order valence-corrected chi connectivity index (χ2v) is 3.32. The fourth-order valence-corrected chi connectivity index (χ4v) is 1.68. The van der Waals surface area contributed by atoms with Crippen LogP contribution in [0.3, 0.4) is 0 Å². The molecule has 0 spiro atoms. The molecular weight excluding hydrogens is 166 g/mol. The Bertz CT molecular complexity index is 358. The molecule has 0 amide bonds. The molecule has 0 saturated heterocycles. The van der Waals surface area contributed by atoms with Crippen LogP contribution in [0.4, 0.5) is 0 Å². The first-order valence-electron chi connectivity index (χ1n) is 4.59. The largest absolute Gasteiger partial charge is 0.299 e. The van der Waals surface area contributed by atoms with Crippen LogP contribution in [-0.2, 0) is 13.0 Å². The van der Waals surface area contributed by atoms with Gasteiger partial charge in [0.15, 0.2) is 0 Å². The quantitative estimate of drug-likeness (QED) is 0.667. The van der Waals surface area contributed by atoms with Crippen molar-refractivity contribution in [2.24, 2.45) is 0 Å². The lowest BCUT2D eigenvalue weighted by Gasteiger charge is -2.25. The third kappa shape index (κ3) is 1.62. The molecule has 0 bridgehead atoms. The number of aromatic nitrogens is 2. The summed E-state index contributed by atoms with van der Waals surface area (Å²) in [4.78, 5) is 13.3. The second-order valence-electron chi connectivity index (χ2n) is 3.32. The van der Waals surface area contributed by atoms with Gasteiger partial charge in [-0.05, 0) is 12.1 Å². The van der Waals surface area contributed by atoms with Crippen LogP contribution in [0, 0.1) is 0 Å². The van der Waals surface area contributed by atoms with E-state index >= 15 is 0 Å². The second kappa shape index (κ2) is 3.30. The Morgan fingerprint density at radius 2 is 2.54 bits per heavy atom. The molecule has 13 heavy (non-hydrogen) atoms. The van der Waals surface area contributed by atoms with Crippen molar-refractivity contribution in [3.63, 3.8) is 0 Å². The fraction of sp³-hybridized carbons (Fsp3) is 0.556. The summed E-state index contributed by atoms with van der Waals surface area (Å²) in [6.07, 6.45) is 0.944. The molecule has 0 radical (unpaired) electrons. The van der Waals surface area contributed by atoms with Crippen LogP contribution >= 0.6 is 0 Å². The summed E-state index contributed by atoms with van der Waals surface area (Å²) in [6, 6.07) is 1.66. The molecule has 1 N–H and O–H groups in total. The van der Waals surface area contributed by atoms with E-state index in [9.17, 15) is 4.79 Å². The number of rotatable bonds is 1. The molecule has 0 aliphatic carbocycles. The average Bonchev–Trinajstić information content (AvgIpc) is 2.16. The van der Waals surface area contributed by atoms with Gasteiger partial charge in [-0.15, -0.1) is 0 Å². The minimum atomic E-state index is -0.100. The van der Waals surface area contributed by atoms with Gasteiger partial charge in [-0.25, -0.2) is 5.10 Å². The summed E-state index contributed by atoms with van der Waals surface area (Å²) in [5, 5.41) is 6.49. The lowest BCUT2D eigenvalue weighted by molar-refractivity contribution is 0.264. The van der Waals surface area contributed by atoms with Gasteiger partial charge >= 0.3 is 0 Å². The van der Waals surface area contributed by atoms with Crippen molar-refractivity contribution >= 4 is 0 Å². The van der Waals surface area contributed by atoms with Crippen LogP contribution in [-0.4, -0.2) is 28.2 Å². The number of fused-ring (bicyclic) bond motifs is 1. The summed E-state index contributed by atoms with van der Waals surface area (Å²) in [6.45, 7) is 5.07. The van der Waals surface area contributed by atoms with Gasteiger partial charge < -0.3 is 0 Å². The van der Waals surface area contributed by atoms with Crippen LogP contribution < -0.4 is 5.56 Å². The molecule has 1 aliphatic rings. The number of H-pyrrole nitrogens is 1. The van der Waals surface area contributed by atoms with Crippen molar-refractivity contribution < 1.29 is 0 Å². The minimum absolute atomic E-state index is 0.100. The monoisotopic (exact) mass is 179 g/mol. The molecule has 2 heterocycles. The molecule has 0 aromatic carbocycles. The standard InChI is InChI=1S/C9H13N3O/c1-2-12-4-3-8-7(6-12)5-9(13)11-10-8/h5H,2-4,6H2,1H3,(H,11,13). The molecule has 1 aromatic rings. The van der Waals surface area contributed by atoms with Gasteiger partial charge in [-0.2, -0.15) is 5.10 Å². The summed E-state index contributed by atoms with van der Waals surface area (Å²) < 4.78 is 0. The van der Waals surface area contributed by atoms with Gasteiger partial charge in [0.25, 0.3) is 5.56 Å². The van der Waals surface area contributed by atoms with Crippen molar-refractivity contribution in [2.75, 3.05) is 13.1 Å². The zero-order chi connectivity index (χ0) is 9.26. The van der Waals surface area contributed by atoms with E-state index in [1.54, 1.807) is 6.07 Å². The number of nitrogens with one attached hydrogen (secondary N) is 1. The van der Waals surface area contributed by atoms with Crippen LogP contribution in [0.25, 0.3) is 0 Å². The van der Waals surface area contributed by atoms with Gasteiger partial charge in [0.1, 0.15) is 0 Å². The third-order valence-corrected chi connectivity index (χ3v) is 2.48. The van der Waals surface area contributed by atoms with E-state index in [0.29, 0.717) is 0 Å². The molecule has 4 nitrogen and oxygen atoms in total. The number of aromatic amines is 1. The lowest BCUT2D eigenvalue weighted by Crippen LogP contribution is -2.32. The molecular formula is C9H13N3O. The number of hydrogen-bond donors (Lipinski definition) is 1. The van der Waals surface area contributed by atoms with Crippen molar-refractivity contribution in [1.29, 1.82) is 0 Å². The van der Waals surface area contributed by atoms with E-state index in [4.69, 9.17) is 0 Å². The van der Waals surface area contributed by atoms with E-state index in [2.05, 4.69) is 22.0 Å². The molecule has 2 rings (SSSR count). The van der Waals surface area contributed by atoms with Crippen molar-refractivity contribution in [1.82, 2.24) is 15.1 Å². The van der Waals surface area contributed by atoms with Crippen LogP contribution in [0.2, 0.25) is 0 Å². The van der Waals surface area contributed by atoms with E-state index < -0.39 is 0 Å². The highest BCUT2D eigenvalue weighted by atomic mass is 16.1. The maximum Gasteiger partial charge on any atom is 0.264 e. The molecule has 0 unspecified atom stereocenters. The fourth-order valence-electron chi connectivity index (χ4n) is 1.68. The van der Waals surface area contributed by atoms with E-state index in [1.165, 1.54) is 0 Å². The van der Waals surface area contributed by atoms with E-state index in [-0.39, 0.29) is 5.56 Å². The number of likely N-dealkylation sites (N-methyl/N-ethyl adjacent to an activating group) is 1. The molecule has 0 fully saturated rings. The smallest absolute Gasteiger partial charge is 0.264 e. The minimum Gasteiger partial charge on any atom is -0.299 e. The lowest BCUT2D eigenvalue weighted by atomic mass is 10.1. The Balaban J connectivity index is 2.32. The summed E-state index contributed by atoms with van der Waals surface area (Å²) in [7, 11) is 0. The molecule has 4 heteroatoms. The Morgan fingerprint density at radius 3 is 3.31 bits per heavy atom. The van der Waals surface area contributed by atoms with Crippen molar-refractivity contribution in [3.8, 4) is 0 Å². The summed E-state index contributed by atoms with van der Waals surface area (Å²) >= 11 is 0. The third-order valence-electron chi connectivity index (χ3n) is 2.48. The first kappa shape index (κ1) is 8.44. The first-order chi connectivity index (χ1) is 6.29. The van der Waals surface area contributed by atoms with Crippen molar-refractivity contribution in [2.45, 2.75) is 19.9 Å². The van der Waals surface area contributed by atoms with Crippen LogP contribution in [0.5, 0.6) is 0 Å². The highest BCUT2D eigenvalue weighted by Gasteiger charge is 2.15. The first-order valence-corrected chi connectivity index (χ1v) is 4.59. The Labute approximate surface area is 76.6 Å². The normalized spacial score (nSPS) is 17.0. The van der Waals surface area contributed by atoms with Gasteiger partial charge in [0.05, 0.1) is 5.69 Å². The Morgan fingerprint density at radius 1 is 1.69 bits per heavy atom. The van der Waals surface area contributed by atoms with Gasteiger partial charge in [0.2, 0.25) is 0 Å². The topological polar surface area (TPSA) is 49.0 Å². The van der Waals surface area contributed by atoms with Crippen LogP contribution in [0.1, 0.15) is 18.2 Å². The molecule has 1 aromatic heterocycles. The van der Waals surface area contributed by atoms with Gasteiger partial charge in [0, 0.05) is 25.6 Å². The highest BCUT2D eigenvalue weighted by molar-refractivity contribution is 5.19. The van der Waals surface area contributed by atoms with Gasteiger partial charge in [-0.3, -0.25) is 9.69 Å². The number of hydrogen-bond acceptors (Lipinski definition) is 3. The van der Waals surface area contributed by atoms with Crippen LogP contribution in [0.15, 0.2) is 10.9 Å². The predicted octanol–water partition coefficient (Wildman–Crippen LogP) is 0.148. The molecule has 0 saturated carbocycles. The molecule has 70 valence electrons. The zero-order valence-corrected chi connectivity index (χ0v) is 7.71. The SMILES string of the molecule is CCN1CCc2n[nH]c(=O)cc2C1. The molecule has 1 aliphatic heterocycles. The Hall–Kier alpha value is -1.16. The summed E-state index contributed by atoms with van der Waals surface area (Å²) in [5.74, 6) is 0. The zero-order valence-electron chi connectivity index (χ0n) is 7.71. The molecule has 0 atom stereocenters. The highest BCUT2D eigenvalue weighted by Crippen LogP contribution is 2.13.